The van der Waals surface area contributed by atoms with Gasteiger partial charge in [0.15, 0.2) is 6.29 Å². The zero-order chi connectivity index (χ0) is 23.1. The molecule has 2 unspecified atom stereocenters. The molecule has 7 heteroatoms. The lowest BCUT2D eigenvalue weighted by molar-refractivity contribution is 0.111. The quantitative estimate of drug-likeness (QED) is 0.577. The number of carbonyl (C=O) groups is 1. The van der Waals surface area contributed by atoms with Gasteiger partial charge < -0.3 is 10.2 Å². The van der Waals surface area contributed by atoms with E-state index >= 15 is 0 Å². The van der Waals surface area contributed by atoms with Crippen LogP contribution in [0.15, 0.2) is 47.3 Å². The molecule has 0 aliphatic carbocycles. The van der Waals surface area contributed by atoms with Crippen molar-refractivity contribution < 1.29 is 9.18 Å². The second-order valence-corrected chi connectivity index (χ2v) is 8.25. The molecular formula is C25H31FN4O2. The average Bonchev–Trinajstić information content (AvgIpc) is 3.17. The Balaban J connectivity index is 0.000000222. The lowest BCUT2D eigenvalue weighted by Crippen LogP contribution is -2.35. The van der Waals surface area contributed by atoms with E-state index in [1.807, 2.05) is 12.1 Å². The van der Waals surface area contributed by atoms with Gasteiger partial charge in [0.1, 0.15) is 5.82 Å². The number of nitrogens with zero attached hydrogens (tertiary/aromatic N) is 2. The van der Waals surface area contributed by atoms with Crippen molar-refractivity contribution in [2.75, 3.05) is 26.7 Å². The third kappa shape index (κ3) is 5.66. The molecule has 2 N–H and O–H groups in total. The van der Waals surface area contributed by atoms with Gasteiger partial charge in [-0.2, -0.15) is 5.10 Å². The first kappa shape index (κ1) is 23.8. The monoisotopic (exact) mass is 438 g/mol. The van der Waals surface area contributed by atoms with E-state index in [4.69, 9.17) is 0 Å². The van der Waals surface area contributed by atoms with E-state index in [1.165, 1.54) is 31.6 Å². The minimum atomic E-state index is -0.548. The zero-order valence-electron chi connectivity index (χ0n) is 18.9. The fraction of sp³-hybridized carbons (Fsp3) is 0.400. The molecule has 3 aromatic rings. The summed E-state index contributed by atoms with van der Waals surface area (Å²) in [7, 11) is 2.21. The van der Waals surface area contributed by atoms with Gasteiger partial charge in [-0.15, -0.1) is 0 Å². The van der Waals surface area contributed by atoms with Crippen molar-refractivity contribution in [1.82, 2.24) is 20.4 Å². The number of H-pyrrole nitrogens is 1. The number of hydrogen-bond donors (Lipinski definition) is 2. The number of hydrogen-bond acceptors (Lipinski definition) is 5. The van der Waals surface area contributed by atoms with Crippen LogP contribution in [0.4, 0.5) is 4.39 Å². The number of likely N-dealkylation sites (N-methyl/N-ethyl adjacent to an activating group) is 2. The van der Waals surface area contributed by atoms with Crippen molar-refractivity contribution in [1.29, 1.82) is 0 Å². The predicted octanol–water partition coefficient (Wildman–Crippen LogP) is 3.40. The van der Waals surface area contributed by atoms with Gasteiger partial charge in [-0.1, -0.05) is 44.5 Å². The molecule has 1 fully saturated rings. The smallest absolute Gasteiger partial charge is 0.272 e. The van der Waals surface area contributed by atoms with Gasteiger partial charge in [0.2, 0.25) is 0 Å². The number of benzene rings is 2. The molecule has 2 heterocycles. The number of fused-ring (bicyclic) bond motifs is 1. The number of nitrogens with one attached hydrogen (secondary N) is 2. The molecule has 1 aromatic heterocycles. The summed E-state index contributed by atoms with van der Waals surface area (Å²) in [5.41, 5.74) is 1.19. The van der Waals surface area contributed by atoms with E-state index < -0.39 is 5.82 Å². The number of aromatic nitrogens is 2. The van der Waals surface area contributed by atoms with Gasteiger partial charge >= 0.3 is 0 Å². The van der Waals surface area contributed by atoms with E-state index in [1.54, 1.807) is 18.2 Å². The van der Waals surface area contributed by atoms with Crippen LogP contribution in [0.25, 0.3) is 10.8 Å². The van der Waals surface area contributed by atoms with Crippen molar-refractivity contribution in [3.63, 3.8) is 0 Å². The maximum Gasteiger partial charge on any atom is 0.272 e. The number of likely N-dealkylation sites (tertiary alicyclic amines) is 1. The largest absolute Gasteiger partial charge is 0.313 e. The number of carbonyl (C=O) groups excluding carboxylic acids is 1. The van der Waals surface area contributed by atoms with E-state index in [9.17, 15) is 14.0 Å². The SMILES string of the molecule is CCNC1CN(C)CC1CC.O=Cc1cc(Cc2n[nH]c(=O)c3ccccc23)ccc1F. The van der Waals surface area contributed by atoms with Crippen molar-refractivity contribution in [3.8, 4) is 0 Å². The number of halogens is 1. The molecule has 170 valence electrons. The van der Waals surface area contributed by atoms with E-state index in [0.717, 1.165) is 29.5 Å². The Morgan fingerprint density at radius 3 is 2.62 bits per heavy atom. The molecule has 0 amide bonds. The van der Waals surface area contributed by atoms with Gasteiger partial charge in [-0.25, -0.2) is 9.49 Å². The Bertz CT molecular complexity index is 1110. The molecule has 4 rings (SSSR count). The fourth-order valence-corrected chi connectivity index (χ4v) is 4.29. The van der Waals surface area contributed by atoms with E-state index in [-0.39, 0.29) is 11.1 Å². The van der Waals surface area contributed by atoms with Crippen molar-refractivity contribution in [2.45, 2.75) is 32.7 Å². The predicted molar refractivity (Wildman–Crippen MR) is 126 cm³/mol. The Morgan fingerprint density at radius 1 is 1.19 bits per heavy atom. The zero-order valence-corrected chi connectivity index (χ0v) is 18.9. The second kappa shape index (κ2) is 11.1. The summed E-state index contributed by atoms with van der Waals surface area (Å²) in [6, 6.07) is 12.2. The number of aldehydes is 1. The minimum absolute atomic E-state index is 0.0150. The van der Waals surface area contributed by atoms with Crippen LogP contribution >= 0.6 is 0 Å². The molecule has 0 spiro atoms. The highest BCUT2D eigenvalue weighted by atomic mass is 19.1. The normalized spacial score (nSPS) is 18.4. The van der Waals surface area contributed by atoms with Crippen LogP contribution in [0.3, 0.4) is 0 Å². The molecule has 0 bridgehead atoms. The average molecular weight is 439 g/mol. The Hall–Kier alpha value is -2.90. The molecule has 0 radical (unpaired) electrons. The molecule has 1 aliphatic heterocycles. The molecule has 1 saturated heterocycles. The first-order chi connectivity index (χ1) is 15.5. The standard InChI is InChI=1S/C16H11FN2O2.C9H20N2/c17-14-6-5-10(7-11(14)9-20)8-15-12-3-1-2-4-13(12)16(21)19-18-15;1-4-8-6-11(3)7-9(8)10-5-2/h1-7,9H,8H2,(H,19,21);8-10H,4-7H2,1-3H3. The Kier molecular flexibility index (Phi) is 8.25. The molecule has 32 heavy (non-hydrogen) atoms. The molecule has 1 aliphatic rings. The second-order valence-electron chi connectivity index (χ2n) is 8.25. The van der Waals surface area contributed by atoms with Gasteiger partial charge in [0.05, 0.1) is 16.6 Å². The van der Waals surface area contributed by atoms with Crippen LogP contribution in [-0.4, -0.2) is 54.1 Å². The van der Waals surface area contributed by atoms with E-state index in [2.05, 4.69) is 41.3 Å². The van der Waals surface area contributed by atoms with Crippen molar-refractivity contribution in [2.24, 2.45) is 5.92 Å². The molecular weight excluding hydrogens is 407 g/mol. The maximum absolute atomic E-state index is 13.3. The first-order valence-electron chi connectivity index (χ1n) is 11.1. The van der Waals surface area contributed by atoms with Crippen LogP contribution in [0.2, 0.25) is 0 Å². The fourth-order valence-electron chi connectivity index (χ4n) is 4.29. The lowest BCUT2D eigenvalue weighted by atomic mass is 10.0. The third-order valence-electron chi connectivity index (χ3n) is 5.95. The number of rotatable bonds is 6. The summed E-state index contributed by atoms with van der Waals surface area (Å²) in [5.74, 6) is 0.327. The van der Waals surface area contributed by atoms with Crippen LogP contribution < -0.4 is 10.9 Å². The summed E-state index contributed by atoms with van der Waals surface area (Å²) < 4.78 is 13.3. The Morgan fingerprint density at radius 2 is 1.94 bits per heavy atom. The summed E-state index contributed by atoms with van der Waals surface area (Å²) in [6.45, 7) is 8.08. The topological polar surface area (TPSA) is 78.1 Å². The summed E-state index contributed by atoms with van der Waals surface area (Å²) in [6.07, 6.45) is 2.19. The molecule has 2 aromatic carbocycles. The van der Waals surface area contributed by atoms with Gasteiger partial charge in [0, 0.05) is 30.9 Å². The highest BCUT2D eigenvalue weighted by molar-refractivity contribution is 5.83. The highest BCUT2D eigenvalue weighted by Gasteiger charge is 2.28. The Labute approximate surface area is 187 Å². The summed E-state index contributed by atoms with van der Waals surface area (Å²) >= 11 is 0. The van der Waals surface area contributed by atoms with Gasteiger partial charge in [-0.3, -0.25) is 9.59 Å². The minimum Gasteiger partial charge on any atom is -0.313 e. The summed E-state index contributed by atoms with van der Waals surface area (Å²) in [5, 5.41) is 11.4. The molecule has 2 atom stereocenters. The number of aromatic amines is 1. The highest BCUT2D eigenvalue weighted by Crippen LogP contribution is 2.19. The molecule has 0 saturated carbocycles. The lowest BCUT2D eigenvalue weighted by Gasteiger charge is -2.16. The van der Waals surface area contributed by atoms with Crippen LogP contribution in [0, 0.1) is 11.7 Å². The van der Waals surface area contributed by atoms with Gasteiger partial charge in [-0.05, 0) is 43.3 Å². The van der Waals surface area contributed by atoms with Crippen LogP contribution in [0.5, 0.6) is 0 Å². The van der Waals surface area contributed by atoms with E-state index in [0.29, 0.717) is 23.8 Å². The van der Waals surface area contributed by atoms with Crippen LogP contribution in [0.1, 0.15) is 41.9 Å². The van der Waals surface area contributed by atoms with Crippen LogP contribution in [-0.2, 0) is 6.42 Å². The molecule has 6 nitrogen and oxygen atoms in total. The van der Waals surface area contributed by atoms with Crippen molar-refractivity contribution >= 4 is 17.1 Å². The van der Waals surface area contributed by atoms with Crippen molar-refractivity contribution in [3.05, 3.63) is 75.5 Å². The summed E-state index contributed by atoms with van der Waals surface area (Å²) in [4.78, 5) is 24.9. The third-order valence-corrected chi connectivity index (χ3v) is 5.95. The maximum atomic E-state index is 13.3. The first-order valence-corrected chi connectivity index (χ1v) is 11.1. The van der Waals surface area contributed by atoms with Gasteiger partial charge in [0.25, 0.3) is 5.56 Å².